The molecule has 0 heterocycles. The number of hydrogen-bond acceptors (Lipinski definition) is 3. The molecule has 1 aliphatic carbocycles. The lowest BCUT2D eigenvalue weighted by Gasteiger charge is -2.15. The van der Waals surface area contributed by atoms with Crippen LogP contribution in [0.15, 0.2) is 18.2 Å². The molecule has 19 heavy (non-hydrogen) atoms. The molecule has 1 amide bonds. The summed E-state index contributed by atoms with van der Waals surface area (Å²) in [6, 6.07) is 5.22. The normalized spacial score (nSPS) is 15.5. The molecule has 2 rings (SSSR count). The number of rotatable bonds is 4. The number of carbonyl (C=O) groups excluding carboxylic acids is 1. The number of nitrogens with two attached hydrogens (primary N) is 1. The molecule has 4 heteroatoms. The predicted octanol–water partition coefficient (Wildman–Crippen LogP) is 2.54. The first-order valence-corrected chi connectivity index (χ1v) is 6.82. The average molecular weight is 262 g/mol. The maximum absolute atomic E-state index is 11.9. The van der Waals surface area contributed by atoms with Gasteiger partial charge in [0.1, 0.15) is 5.75 Å². The van der Waals surface area contributed by atoms with Crippen molar-refractivity contribution < 1.29 is 9.53 Å². The Morgan fingerprint density at radius 2 is 2.05 bits per heavy atom. The summed E-state index contributed by atoms with van der Waals surface area (Å²) in [5.41, 5.74) is 7.10. The number of nitrogen functional groups attached to an aromatic ring is 1. The second kappa shape index (κ2) is 5.95. The number of benzene rings is 1. The third kappa shape index (κ3) is 3.40. The Balaban J connectivity index is 2.06. The van der Waals surface area contributed by atoms with Crippen LogP contribution < -0.4 is 10.5 Å². The van der Waals surface area contributed by atoms with Crippen LogP contribution in [0.5, 0.6) is 5.75 Å². The van der Waals surface area contributed by atoms with E-state index >= 15 is 0 Å². The highest BCUT2D eigenvalue weighted by Crippen LogP contribution is 2.28. The van der Waals surface area contributed by atoms with Crippen LogP contribution in [0.1, 0.15) is 36.0 Å². The van der Waals surface area contributed by atoms with Gasteiger partial charge in [0.25, 0.3) is 5.91 Å². The highest BCUT2D eigenvalue weighted by Gasteiger charge is 2.17. The zero-order chi connectivity index (χ0) is 13.8. The van der Waals surface area contributed by atoms with Crippen LogP contribution >= 0.6 is 0 Å². The van der Waals surface area contributed by atoms with E-state index in [0.29, 0.717) is 29.5 Å². The van der Waals surface area contributed by atoms with E-state index in [4.69, 9.17) is 10.5 Å². The van der Waals surface area contributed by atoms with E-state index < -0.39 is 0 Å². The molecule has 0 radical (unpaired) electrons. The highest BCUT2D eigenvalue weighted by molar-refractivity contribution is 5.94. The topological polar surface area (TPSA) is 55.6 Å². The van der Waals surface area contributed by atoms with Crippen molar-refractivity contribution in [2.75, 3.05) is 26.4 Å². The number of anilines is 1. The summed E-state index contributed by atoms with van der Waals surface area (Å²) in [6.45, 7) is 0.698. The van der Waals surface area contributed by atoms with Crippen LogP contribution in [0.4, 0.5) is 5.69 Å². The lowest BCUT2D eigenvalue weighted by molar-refractivity contribution is 0.0827. The zero-order valence-electron chi connectivity index (χ0n) is 11.7. The number of hydrogen-bond donors (Lipinski definition) is 1. The second-order valence-electron chi connectivity index (χ2n) is 5.41. The van der Waals surface area contributed by atoms with Crippen molar-refractivity contribution in [2.24, 2.45) is 5.92 Å². The number of ether oxygens (including phenoxy) is 1. The van der Waals surface area contributed by atoms with Crippen molar-refractivity contribution in [1.29, 1.82) is 0 Å². The van der Waals surface area contributed by atoms with Gasteiger partial charge in [0.05, 0.1) is 12.3 Å². The van der Waals surface area contributed by atoms with Crippen molar-refractivity contribution >= 4 is 11.6 Å². The van der Waals surface area contributed by atoms with Gasteiger partial charge in [0.15, 0.2) is 0 Å². The van der Waals surface area contributed by atoms with E-state index in [1.807, 2.05) is 0 Å². The van der Waals surface area contributed by atoms with Crippen LogP contribution in [0.3, 0.4) is 0 Å². The van der Waals surface area contributed by atoms with Gasteiger partial charge in [-0.15, -0.1) is 0 Å². The van der Waals surface area contributed by atoms with Crippen LogP contribution in [-0.2, 0) is 0 Å². The van der Waals surface area contributed by atoms with E-state index in [0.717, 1.165) is 0 Å². The van der Waals surface area contributed by atoms with Crippen molar-refractivity contribution in [3.63, 3.8) is 0 Å². The lowest BCUT2D eigenvalue weighted by atomic mass is 10.1. The summed E-state index contributed by atoms with van der Waals surface area (Å²) in [4.78, 5) is 13.4. The largest absolute Gasteiger partial charge is 0.491 e. The number of amides is 1. The van der Waals surface area contributed by atoms with Crippen molar-refractivity contribution in [1.82, 2.24) is 4.90 Å². The monoisotopic (exact) mass is 262 g/mol. The quantitative estimate of drug-likeness (QED) is 0.848. The molecule has 1 saturated carbocycles. The summed E-state index contributed by atoms with van der Waals surface area (Å²) in [5, 5.41) is 0. The van der Waals surface area contributed by atoms with Gasteiger partial charge in [0, 0.05) is 19.7 Å². The fraction of sp³-hybridized carbons (Fsp3) is 0.533. The Morgan fingerprint density at radius 3 is 2.68 bits per heavy atom. The first-order valence-electron chi connectivity index (χ1n) is 6.82. The fourth-order valence-corrected chi connectivity index (χ4v) is 2.44. The summed E-state index contributed by atoms with van der Waals surface area (Å²) < 4.78 is 5.80. The molecule has 1 aromatic rings. The van der Waals surface area contributed by atoms with Gasteiger partial charge in [0.2, 0.25) is 0 Å². The minimum absolute atomic E-state index is 0.0364. The Morgan fingerprint density at radius 1 is 1.37 bits per heavy atom. The van der Waals surface area contributed by atoms with Gasteiger partial charge in [-0.3, -0.25) is 4.79 Å². The Bertz CT molecular complexity index is 451. The van der Waals surface area contributed by atoms with Gasteiger partial charge in [-0.25, -0.2) is 0 Å². The molecule has 0 spiro atoms. The second-order valence-corrected chi connectivity index (χ2v) is 5.41. The van der Waals surface area contributed by atoms with Crippen LogP contribution in [0.2, 0.25) is 0 Å². The van der Waals surface area contributed by atoms with Crippen molar-refractivity contribution in [3.05, 3.63) is 23.8 Å². The van der Waals surface area contributed by atoms with Crippen LogP contribution in [0, 0.1) is 5.92 Å². The molecule has 0 bridgehead atoms. The van der Waals surface area contributed by atoms with Crippen LogP contribution in [0.25, 0.3) is 0 Å². The van der Waals surface area contributed by atoms with E-state index in [9.17, 15) is 4.79 Å². The van der Waals surface area contributed by atoms with E-state index in [1.165, 1.54) is 25.7 Å². The minimum atomic E-state index is -0.0364. The molecule has 0 aromatic heterocycles. The van der Waals surface area contributed by atoms with Crippen LogP contribution in [-0.4, -0.2) is 31.5 Å². The molecule has 0 atom stereocenters. The molecule has 104 valence electrons. The summed E-state index contributed by atoms with van der Waals surface area (Å²) in [5.74, 6) is 1.22. The maximum Gasteiger partial charge on any atom is 0.253 e. The Labute approximate surface area is 114 Å². The number of carbonyl (C=O) groups is 1. The van der Waals surface area contributed by atoms with Gasteiger partial charge in [-0.1, -0.05) is 12.8 Å². The van der Waals surface area contributed by atoms with E-state index in [-0.39, 0.29) is 5.91 Å². The van der Waals surface area contributed by atoms with Gasteiger partial charge < -0.3 is 15.4 Å². The summed E-state index contributed by atoms with van der Waals surface area (Å²) >= 11 is 0. The molecule has 2 N–H and O–H groups in total. The standard InChI is InChI=1S/C15H22N2O2/c1-17(2)15(18)12-7-8-13(16)14(9-12)19-10-11-5-3-4-6-11/h7-9,11H,3-6,10,16H2,1-2H3. The molecular formula is C15H22N2O2. The SMILES string of the molecule is CN(C)C(=O)c1ccc(N)c(OCC2CCCC2)c1. The molecule has 1 aromatic carbocycles. The summed E-state index contributed by atoms with van der Waals surface area (Å²) in [6.07, 6.45) is 5.05. The molecule has 1 aliphatic rings. The van der Waals surface area contributed by atoms with E-state index in [2.05, 4.69) is 0 Å². The smallest absolute Gasteiger partial charge is 0.253 e. The minimum Gasteiger partial charge on any atom is -0.491 e. The zero-order valence-corrected chi connectivity index (χ0v) is 11.7. The number of nitrogens with zero attached hydrogens (tertiary/aromatic N) is 1. The Hall–Kier alpha value is -1.71. The molecule has 0 aliphatic heterocycles. The first kappa shape index (κ1) is 13.7. The van der Waals surface area contributed by atoms with E-state index in [1.54, 1.807) is 37.2 Å². The summed E-state index contributed by atoms with van der Waals surface area (Å²) in [7, 11) is 3.47. The highest BCUT2D eigenvalue weighted by atomic mass is 16.5. The Kier molecular flexibility index (Phi) is 4.30. The van der Waals surface area contributed by atoms with Crippen molar-refractivity contribution in [2.45, 2.75) is 25.7 Å². The maximum atomic E-state index is 11.9. The molecule has 1 fully saturated rings. The molecular weight excluding hydrogens is 240 g/mol. The van der Waals surface area contributed by atoms with Gasteiger partial charge in [-0.05, 0) is 37.0 Å². The first-order chi connectivity index (χ1) is 9.08. The fourth-order valence-electron chi connectivity index (χ4n) is 2.44. The van der Waals surface area contributed by atoms with Gasteiger partial charge >= 0.3 is 0 Å². The third-order valence-electron chi connectivity index (χ3n) is 3.62. The average Bonchev–Trinajstić information content (AvgIpc) is 2.90. The third-order valence-corrected chi connectivity index (χ3v) is 3.62. The predicted molar refractivity (Wildman–Crippen MR) is 76.3 cm³/mol. The van der Waals surface area contributed by atoms with Crippen molar-refractivity contribution in [3.8, 4) is 5.75 Å². The lowest BCUT2D eigenvalue weighted by Crippen LogP contribution is -2.21. The molecule has 4 nitrogen and oxygen atoms in total. The molecule has 0 saturated heterocycles. The molecule has 0 unspecified atom stereocenters. The van der Waals surface area contributed by atoms with Gasteiger partial charge in [-0.2, -0.15) is 0 Å².